The molecule has 66 valence electrons. The third-order valence-corrected chi connectivity index (χ3v) is 2.37. The molecule has 0 N–H and O–H groups in total. The van der Waals surface area contributed by atoms with Crippen LogP contribution in [0, 0.1) is 6.92 Å². The molecule has 1 aromatic rings. The number of nitrogens with zero attached hydrogens (tertiary/aromatic N) is 1. The molecule has 0 aromatic heterocycles. The van der Waals surface area contributed by atoms with Crippen molar-refractivity contribution in [2.45, 2.75) is 6.92 Å². The van der Waals surface area contributed by atoms with Gasteiger partial charge in [0.15, 0.2) is 0 Å². The molecular formula is C8H11NO2S. The van der Waals surface area contributed by atoms with Crippen molar-refractivity contribution in [2.75, 3.05) is 11.4 Å². The fourth-order valence-corrected chi connectivity index (χ4v) is 1.18. The van der Waals surface area contributed by atoms with Crippen molar-refractivity contribution in [1.82, 2.24) is 0 Å². The first-order valence-corrected chi connectivity index (χ1v) is 4.69. The van der Waals surface area contributed by atoms with Crippen molar-refractivity contribution in [1.29, 1.82) is 0 Å². The van der Waals surface area contributed by atoms with E-state index in [2.05, 4.69) is 0 Å². The molecule has 0 atom stereocenters. The second-order valence-corrected chi connectivity index (χ2v) is 3.67. The molecule has 0 aliphatic carbocycles. The normalized spacial score (nSPS) is 10.2. The largest absolute Gasteiger partial charge is 0.275 e. The maximum Gasteiger partial charge on any atom is 0.224 e. The van der Waals surface area contributed by atoms with Crippen molar-refractivity contribution in [3.05, 3.63) is 29.8 Å². The Morgan fingerprint density at radius 2 is 1.67 bits per heavy atom. The number of hydrogen-bond donors (Lipinski definition) is 1. The lowest BCUT2D eigenvalue weighted by atomic mass is 10.2. The van der Waals surface area contributed by atoms with E-state index < -0.39 is 10.9 Å². The Morgan fingerprint density at radius 3 is 2.08 bits per heavy atom. The van der Waals surface area contributed by atoms with Crippen LogP contribution in [0.1, 0.15) is 5.56 Å². The van der Waals surface area contributed by atoms with Gasteiger partial charge in [-0.25, -0.2) is 8.42 Å². The summed E-state index contributed by atoms with van der Waals surface area (Å²) in [4.78, 5) is 0. The molecule has 12 heavy (non-hydrogen) atoms. The van der Waals surface area contributed by atoms with Crippen molar-refractivity contribution in [3.63, 3.8) is 0 Å². The van der Waals surface area contributed by atoms with E-state index in [0.717, 1.165) is 5.56 Å². The molecule has 0 unspecified atom stereocenters. The zero-order valence-electron chi connectivity index (χ0n) is 7.02. The summed E-state index contributed by atoms with van der Waals surface area (Å²) < 4.78 is 22.3. The molecule has 1 aromatic carbocycles. The highest BCUT2D eigenvalue weighted by atomic mass is 32.2. The van der Waals surface area contributed by atoms with Gasteiger partial charge in [0.2, 0.25) is 10.9 Å². The Kier molecular flexibility index (Phi) is 2.70. The summed E-state index contributed by atoms with van der Waals surface area (Å²) >= 11 is 0. The molecular weight excluding hydrogens is 174 g/mol. The highest BCUT2D eigenvalue weighted by Crippen LogP contribution is 2.12. The van der Waals surface area contributed by atoms with E-state index in [-0.39, 0.29) is 0 Å². The molecule has 0 spiro atoms. The summed E-state index contributed by atoms with van der Waals surface area (Å²) in [5.41, 5.74) is 1.81. The lowest BCUT2D eigenvalue weighted by Crippen LogP contribution is -2.13. The first kappa shape index (κ1) is 9.06. The highest BCUT2D eigenvalue weighted by molar-refractivity contribution is 7.74. The van der Waals surface area contributed by atoms with E-state index in [4.69, 9.17) is 0 Å². The van der Waals surface area contributed by atoms with Crippen molar-refractivity contribution >= 4 is 16.6 Å². The van der Waals surface area contributed by atoms with Gasteiger partial charge in [0.1, 0.15) is 0 Å². The molecule has 1 rings (SSSR count). The van der Waals surface area contributed by atoms with E-state index >= 15 is 0 Å². The Balaban J connectivity index is 2.97. The fraction of sp³-hybridized carbons (Fsp3) is 0.250. The highest BCUT2D eigenvalue weighted by Gasteiger charge is 1.99. The van der Waals surface area contributed by atoms with Crippen LogP contribution in [-0.2, 0) is 10.9 Å². The molecule has 0 aliphatic rings. The van der Waals surface area contributed by atoms with Crippen LogP contribution >= 0.6 is 0 Å². The smallest absolute Gasteiger partial charge is 0.224 e. The zero-order chi connectivity index (χ0) is 9.14. The molecule has 0 saturated carbocycles. The SMILES string of the molecule is Cc1ccc(N(C)[SH](=O)=O)cc1. The summed E-state index contributed by atoms with van der Waals surface area (Å²) in [6, 6.07) is 7.32. The Morgan fingerprint density at radius 1 is 1.17 bits per heavy atom. The molecule has 0 amide bonds. The fourth-order valence-electron chi connectivity index (χ4n) is 0.855. The molecule has 0 bridgehead atoms. The minimum atomic E-state index is -2.51. The number of rotatable bonds is 2. The Hall–Kier alpha value is -1.03. The lowest BCUT2D eigenvalue weighted by molar-refractivity contribution is 0.613. The first-order valence-electron chi connectivity index (χ1n) is 3.56. The minimum absolute atomic E-state index is 0.691. The predicted octanol–water partition coefficient (Wildman–Crippen LogP) is 0.958. The van der Waals surface area contributed by atoms with Gasteiger partial charge in [0.25, 0.3) is 0 Å². The van der Waals surface area contributed by atoms with Gasteiger partial charge in [-0.3, -0.25) is 4.31 Å². The predicted molar refractivity (Wildman–Crippen MR) is 49.9 cm³/mol. The summed E-state index contributed by atoms with van der Waals surface area (Å²) in [6.07, 6.45) is 0. The standard InChI is InChI=1S/C8H11NO2S/c1-7-3-5-8(6-4-7)9(2)12(10)11/h3-6,12H,1-2H3. The van der Waals surface area contributed by atoms with Crippen molar-refractivity contribution in [3.8, 4) is 0 Å². The minimum Gasteiger partial charge on any atom is -0.275 e. The van der Waals surface area contributed by atoms with Crippen molar-refractivity contribution < 1.29 is 8.42 Å². The second-order valence-electron chi connectivity index (χ2n) is 2.60. The van der Waals surface area contributed by atoms with E-state index in [1.165, 1.54) is 11.4 Å². The van der Waals surface area contributed by atoms with Crippen LogP contribution < -0.4 is 4.31 Å². The van der Waals surface area contributed by atoms with Gasteiger partial charge in [0.05, 0.1) is 5.69 Å². The lowest BCUT2D eigenvalue weighted by Gasteiger charge is -2.10. The second kappa shape index (κ2) is 3.58. The first-order chi connectivity index (χ1) is 5.61. The van der Waals surface area contributed by atoms with E-state index in [9.17, 15) is 8.42 Å². The van der Waals surface area contributed by atoms with Gasteiger partial charge in [0, 0.05) is 7.05 Å². The van der Waals surface area contributed by atoms with E-state index in [0.29, 0.717) is 5.69 Å². The van der Waals surface area contributed by atoms with Gasteiger partial charge in [-0.15, -0.1) is 0 Å². The molecule has 3 nitrogen and oxygen atoms in total. The van der Waals surface area contributed by atoms with Gasteiger partial charge >= 0.3 is 0 Å². The quantitative estimate of drug-likeness (QED) is 0.697. The molecule has 0 saturated heterocycles. The van der Waals surface area contributed by atoms with Crippen molar-refractivity contribution in [2.24, 2.45) is 0 Å². The number of aryl methyl sites for hydroxylation is 1. The van der Waals surface area contributed by atoms with Crippen LogP contribution in [-0.4, -0.2) is 15.5 Å². The van der Waals surface area contributed by atoms with Crippen LogP contribution in [0.15, 0.2) is 24.3 Å². The topological polar surface area (TPSA) is 37.4 Å². The van der Waals surface area contributed by atoms with E-state index in [1.807, 2.05) is 19.1 Å². The third kappa shape index (κ3) is 1.98. The van der Waals surface area contributed by atoms with Crippen LogP contribution in [0.2, 0.25) is 0 Å². The summed E-state index contributed by atoms with van der Waals surface area (Å²) in [7, 11) is -0.990. The molecule has 0 aliphatic heterocycles. The monoisotopic (exact) mass is 185 g/mol. The number of benzene rings is 1. The Bertz CT molecular complexity index is 321. The number of anilines is 1. The number of thiol groups is 1. The average molecular weight is 185 g/mol. The molecule has 0 heterocycles. The van der Waals surface area contributed by atoms with Gasteiger partial charge < -0.3 is 0 Å². The van der Waals surface area contributed by atoms with Gasteiger partial charge in [-0.2, -0.15) is 0 Å². The van der Waals surface area contributed by atoms with Gasteiger partial charge in [-0.05, 0) is 19.1 Å². The maximum atomic E-state index is 10.5. The molecule has 4 heteroatoms. The summed E-state index contributed by atoms with van der Waals surface area (Å²) in [6.45, 7) is 1.96. The van der Waals surface area contributed by atoms with Crippen LogP contribution in [0.5, 0.6) is 0 Å². The average Bonchev–Trinajstić information content (AvgIpc) is 2.04. The maximum absolute atomic E-state index is 10.5. The van der Waals surface area contributed by atoms with Crippen LogP contribution in [0.4, 0.5) is 5.69 Å². The summed E-state index contributed by atoms with van der Waals surface area (Å²) in [5, 5.41) is 0. The van der Waals surface area contributed by atoms with E-state index in [1.54, 1.807) is 12.1 Å². The molecule has 0 fully saturated rings. The number of hydrogen-bond acceptors (Lipinski definition) is 2. The van der Waals surface area contributed by atoms with Crippen LogP contribution in [0.3, 0.4) is 0 Å². The third-order valence-electron chi connectivity index (χ3n) is 1.65. The Labute approximate surface area is 73.7 Å². The van der Waals surface area contributed by atoms with Gasteiger partial charge in [-0.1, -0.05) is 17.7 Å². The zero-order valence-corrected chi connectivity index (χ0v) is 7.91. The summed E-state index contributed by atoms with van der Waals surface area (Å²) in [5.74, 6) is 0. The van der Waals surface area contributed by atoms with Crippen LogP contribution in [0.25, 0.3) is 0 Å². The molecule has 0 radical (unpaired) electrons.